The standard InChI is InChI=1S/C23H31ClN2O2/c1-4-26-22(17-9-11-20(24)12-10-17)19(13-23(26,2)16-27)15-25-14-18-7-5-6-8-21(18)28-3/h5-12,19,22,25,27H,4,13-16H2,1-3H3/t19-,22+,23+/m0/s1. The molecule has 2 N–H and O–H groups in total. The molecule has 0 amide bonds. The Hall–Kier alpha value is -1.59. The van der Waals surface area contributed by atoms with Gasteiger partial charge in [-0.25, -0.2) is 0 Å². The molecular formula is C23H31ClN2O2. The van der Waals surface area contributed by atoms with E-state index in [1.807, 2.05) is 30.3 Å². The van der Waals surface area contributed by atoms with Crippen molar-refractivity contribution in [1.29, 1.82) is 0 Å². The maximum Gasteiger partial charge on any atom is 0.123 e. The van der Waals surface area contributed by atoms with Crippen LogP contribution in [0.1, 0.15) is 37.4 Å². The Labute approximate surface area is 173 Å². The van der Waals surface area contributed by atoms with Crippen LogP contribution in [0.15, 0.2) is 48.5 Å². The van der Waals surface area contributed by atoms with Crippen LogP contribution in [0.4, 0.5) is 0 Å². The summed E-state index contributed by atoms with van der Waals surface area (Å²) in [5.74, 6) is 1.30. The van der Waals surface area contributed by atoms with Crippen LogP contribution >= 0.6 is 11.6 Å². The van der Waals surface area contributed by atoms with E-state index in [2.05, 4.69) is 42.3 Å². The van der Waals surface area contributed by atoms with E-state index in [9.17, 15) is 5.11 Å². The molecule has 1 aliphatic heterocycles. The fraction of sp³-hybridized carbons (Fsp3) is 0.478. The number of likely N-dealkylation sites (N-methyl/N-ethyl adjacent to an activating group) is 1. The number of benzene rings is 2. The molecular weight excluding hydrogens is 372 g/mol. The molecule has 0 radical (unpaired) electrons. The zero-order valence-corrected chi connectivity index (χ0v) is 17.7. The first kappa shape index (κ1) is 21.1. The van der Waals surface area contributed by atoms with E-state index in [0.29, 0.717) is 5.92 Å². The van der Waals surface area contributed by atoms with E-state index >= 15 is 0 Å². The van der Waals surface area contributed by atoms with E-state index in [0.717, 1.165) is 42.4 Å². The average Bonchev–Trinajstić information content (AvgIpc) is 3.01. The average molecular weight is 403 g/mol. The second kappa shape index (κ2) is 9.27. The van der Waals surface area contributed by atoms with Gasteiger partial charge in [-0.05, 0) is 49.6 Å². The second-order valence-corrected chi connectivity index (χ2v) is 8.28. The summed E-state index contributed by atoms with van der Waals surface area (Å²) in [6, 6.07) is 16.5. The van der Waals surface area contributed by atoms with Crippen molar-refractivity contribution in [2.24, 2.45) is 5.92 Å². The largest absolute Gasteiger partial charge is 0.496 e. The van der Waals surface area contributed by atoms with Gasteiger partial charge in [0.1, 0.15) is 5.75 Å². The number of rotatable bonds is 8. The van der Waals surface area contributed by atoms with Gasteiger partial charge in [-0.3, -0.25) is 4.90 Å². The molecule has 2 aromatic rings. The van der Waals surface area contributed by atoms with Crippen LogP contribution in [-0.2, 0) is 6.54 Å². The van der Waals surface area contributed by atoms with Crippen molar-refractivity contribution in [1.82, 2.24) is 10.2 Å². The number of nitrogens with one attached hydrogen (secondary N) is 1. The van der Waals surface area contributed by atoms with Gasteiger partial charge in [0.25, 0.3) is 0 Å². The van der Waals surface area contributed by atoms with E-state index in [-0.39, 0.29) is 18.2 Å². The van der Waals surface area contributed by atoms with Crippen molar-refractivity contribution in [3.05, 3.63) is 64.7 Å². The molecule has 0 spiro atoms. The number of hydrogen-bond donors (Lipinski definition) is 2. The Kier molecular flexibility index (Phi) is 7.00. The van der Waals surface area contributed by atoms with Gasteiger partial charge >= 0.3 is 0 Å². The third-order valence-electron chi connectivity index (χ3n) is 5.98. The number of para-hydroxylation sites is 1. The molecule has 1 saturated heterocycles. The Morgan fingerprint density at radius 3 is 2.57 bits per heavy atom. The SMILES string of the molecule is CCN1[C@H](c2ccc(Cl)cc2)[C@H](CNCc2ccccc2OC)C[C@]1(C)CO. The summed E-state index contributed by atoms with van der Waals surface area (Å²) in [5, 5.41) is 14.5. The number of aliphatic hydroxyl groups excluding tert-OH is 1. The topological polar surface area (TPSA) is 44.7 Å². The molecule has 28 heavy (non-hydrogen) atoms. The lowest BCUT2D eigenvalue weighted by Crippen LogP contribution is -2.45. The van der Waals surface area contributed by atoms with Crippen LogP contribution in [-0.4, -0.2) is 42.4 Å². The van der Waals surface area contributed by atoms with Gasteiger partial charge in [0, 0.05) is 35.3 Å². The number of hydrogen-bond acceptors (Lipinski definition) is 4. The van der Waals surface area contributed by atoms with Crippen molar-refractivity contribution >= 4 is 11.6 Å². The van der Waals surface area contributed by atoms with Gasteiger partial charge in [-0.1, -0.05) is 48.9 Å². The maximum absolute atomic E-state index is 10.1. The minimum atomic E-state index is -0.212. The predicted molar refractivity (Wildman–Crippen MR) is 115 cm³/mol. The van der Waals surface area contributed by atoms with Crippen LogP contribution in [0.2, 0.25) is 5.02 Å². The Morgan fingerprint density at radius 1 is 1.21 bits per heavy atom. The molecule has 1 aliphatic rings. The molecule has 1 fully saturated rings. The number of halogens is 1. The molecule has 0 unspecified atom stereocenters. The first-order valence-electron chi connectivity index (χ1n) is 9.98. The number of nitrogens with zero attached hydrogens (tertiary/aromatic N) is 1. The van der Waals surface area contributed by atoms with Crippen molar-refractivity contribution < 1.29 is 9.84 Å². The molecule has 0 aliphatic carbocycles. The summed E-state index contributed by atoms with van der Waals surface area (Å²) >= 11 is 6.11. The van der Waals surface area contributed by atoms with Gasteiger partial charge in [0.05, 0.1) is 13.7 Å². The van der Waals surface area contributed by atoms with Gasteiger partial charge in [-0.15, -0.1) is 0 Å². The predicted octanol–water partition coefficient (Wildman–Crippen LogP) is 4.27. The van der Waals surface area contributed by atoms with Crippen LogP contribution in [0.3, 0.4) is 0 Å². The van der Waals surface area contributed by atoms with E-state index in [1.165, 1.54) is 5.56 Å². The molecule has 4 nitrogen and oxygen atoms in total. The highest BCUT2D eigenvalue weighted by atomic mass is 35.5. The maximum atomic E-state index is 10.1. The molecule has 3 rings (SSSR count). The summed E-state index contributed by atoms with van der Waals surface area (Å²) in [6.45, 7) is 7.02. The summed E-state index contributed by atoms with van der Waals surface area (Å²) in [6.07, 6.45) is 0.948. The van der Waals surface area contributed by atoms with Gasteiger partial charge in [-0.2, -0.15) is 0 Å². The third-order valence-corrected chi connectivity index (χ3v) is 6.24. The van der Waals surface area contributed by atoms with Crippen LogP contribution in [0.25, 0.3) is 0 Å². The van der Waals surface area contributed by atoms with E-state index < -0.39 is 0 Å². The fourth-order valence-corrected chi connectivity index (χ4v) is 4.78. The first-order valence-corrected chi connectivity index (χ1v) is 10.4. The molecule has 5 heteroatoms. The number of aliphatic hydroxyl groups is 1. The lowest BCUT2D eigenvalue weighted by Gasteiger charge is -2.37. The first-order chi connectivity index (χ1) is 13.5. The fourth-order valence-electron chi connectivity index (χ4n) is 4.65. The van der Waals surface area contributed by atoms with Crippen LogP contribution in [0.5, 0.6) is 5.75 Å². The summed E-state index contributed by atoms with van der Waals surface area (Å²) in [4.78, 5) is 2.44. The van der Waals surface area contributed by atoms with E-state index in [4.69, 9.17) is 16.3 Å². The van der Waals surface area contributed by atoms with Gasteiger partial charge in [0.2, 0.25) is 0 Å². The highest BCUT2D eigenvalue weighted by Crippen LogP contribution is 2.46. The molecule has 1 heterocycles. The Morgan fingerprint density at radius 2 is 1.93 bits per heavy atom. The zero-order chi connectivity index (χ0) is 20.1. The molecule has 152 valence electrons. The normalized spacial score (nSPS) is 25.2. The molecule has 3 atom stereocenters. The quantitative estimate of drug-likeness (QED) is 0.692. The lowest BCUT2D eigenvalue weighted by atomic mass is 9.90. The minimum absolute atomic E-state index is 0.161. The monoisotopic (exact) mass is 402 g/mol. The van der Waals surface area contributed by atoms with Crippen molar-refractivity contribution in [2.45, 2.75) is 38.4 Å². The van der Waals surface area contributed by atoms with Crippen molar-refractivity contribution in [3.63, 3.8) is 0 Å². The summed E-state index contributed by atoms with van der Waals surface area (Å²) in [5.41, 5.74) is 2.20. The number of methoxy groups -OCH3 is 1. The van der Waals surface area contributed by atoms with Crippen LogP contribution < -0.4 is 10.1 Å². The Bertz CT molecular complexity index is 767. The zero-order valence-electron chi connectivity index (χ0n) is 17.0. The lowest BCUT2D eigenvalue weighted by molar-refractivity contribution is 0.0579. The van der Waals surface area contributed by atoms with Crippen LogP contribution in [0, 0.1) is 5.92 Å². The van der Waals surface area contributed by atoms with Crippen molar-refractivity contribution in [2.75, 3.05) is 26.8 Å². The van der Waals surface area contributed by atoms with Gasteiger partial charge < -0.3 is 15.2 Å². The minimum Gasteiger partial charge on any atom is -0.496 e. The van der Waals surface area contributed by atoms with E-state index in [1.54, 1.807) is 7.11 Å². The highest BCUT2D eigenvalue weighted by molar-refractivity contribution is 6.30. The summed E-state index contributed by atoms with van der Waals surface area (Å²) < 4.78 is 5.46. The molecule has 0 saturated carbocycles. The van der Waals surface area contributed by atoms with Crippen molar-refractivity contribution in [3.8, 4) is 5.75 Å². The molecule has 0 aromatic heterocycles. The summed E-state index contributed by atoms with van der Waals surface area (Å²) in [7, 11) is 1.71. The van der Waals surface area contributed by atoms with Gasteiger partial charge in [0.15, 0.2) is 0 Å². The third kappa shape index (κ3) is 4.36. The number of ether oxygens (including phenoxy) is 1. The Balaban J connectivity index is 1.77. The second-order valence-electron chi connectivity index (χ2n) is 7.84. The smallest absolute Gasteiger partial charge is 0.123 e. The molecule has 0 bridgehead atoms. The highest BCUT2D eigenvalue weighted by Gasteiger charge is 2.47. The number of likely N-dealkylation sites (tertiary alicyclic amines) is 1. The molecule has 2 aromatic carbocycles.